The second-order valence-electron chi connectivity index (χ2n) is 5.77. The van der Waals surface area contributed by atoms with Gasteiger partial charge in [0, 0.05) is 24.2 Å². The number of hydrogen-bond donors (Lipinski definition) is 0. The van der Waals surface area contributed by atoms with Crippen LogP contribution in [0.15, 0.2) is 42.9 Å². The van der Waals surface area contributed by atoms with E-state index in [1.165, 1.54) is 18.1 Å². The molecular formula is C17H18ClN3O. The largest absolute Gasteiger partial charge is 0.331 e. The summed E-state index contributed by atoms with van der Waals surface area (Å²) < 4.78 is 0. The molecule has 3 rings (SSSR count). The first-order valence-corrected chi connectivity index (χ1v) is 7.80. The van der Waals surface area contributed by atoms with Crippen LogP contribution in [0.2, 0.25) is 5.02 Å². The zero-order valence-electron chi connectivity index (χ0n) is 12.6. The van der Waals surface area contributed by atoms with Crippen molar-refractivity contribution in [3.05, 3.63) is 59.1 Å². The van der Waals surface area contributed by atoms with Gasteiger partial charge in [-0.3, -0.25) is 4.79 Å². The van der Waals surface area contributed by atoms with Gasteiger partial charge >= 0.3 is 0 Å². The molecule has 1 aliphatic rings. The van der Waals surface area contributed by atoms with E-state index in [9.17, 15) is 4.79 Å². The minimum atomic E-state index is -0.120. The molecule has 3 atom stereocenters. The first-order chi connectivity index (χ1) is 10.6. The normalized spacial score (nSPS) is 24.5. The molecule has 0 aliphatic carbocycles. The molecule has 1 fully saturated rings. The zero-order chi connectivity index (χ0) is 15.7. The zero-order valence-corrected chi connectivity index (χ0v) is 13.4. The minimum Gasteiger partial charge on any atom is -0.331 e. The van der Waals surface area contributed by atoms with Crippen LogP contribution in [0.5, 0.6) is 0 Å². The van der Waals surface area contributed by atoms with Crippen LogP contribution in [-0.2, 0) is 0 Å². The molecule has 0 radical (unpaired) electrons. The minimum absolute atomic E-state index is 0.107. The molecule has 4 nitrogen and oxygen atoms in total. The van der Waals surface area contributed by atoms with E-state index in [2.05, 4.69) is 35.9 Å². The molecule has 0 saturated carbocycles. The summed E-state index contributed by atoms with van der Waals surface area (Å²) in [5.74, 6) is 0.214. The van der Waals surface area contributed by atoms with Crippen LogP contribution in [0.3, 0.4) is 0 Å². The Morgan fingerprint density at radius 3 is 2.68 bits per heavy atom. The van der Waals surface area contributed by atoms with Crippen LogP contribution in [0.4, 0.5) is 0 Å². The molecule has 1 aromatic heterocycles. The summed E-state index contributed by atoms with van der Waals surface area (Å²) in [6, 6.07) is 10.6. The summed E-state index contributed by atoms with van der Waals surface area (Å²) in [6.07, 6.45) is 3.76. The smallest absolute Gasteiger partial charge is 0.274 e. The molecule has 2 heterocycles. The van der Waals surface area contributed by atoms with Crippen molar-refractivity contribution in [3.8, 4) is 0 Å². The maximum absolute atomic E-state index is 12.8. The van der Waals surface area contributed by atoms with E-state index >= 15 is 0 Å². The third kappa shape index (κ3) is 2.59. The Kier molecular flexibility index (Phi) is 4.12. The standard InChI is InChI=1S/C17H18ClN3O/c1-11-8-14(13-6-4-3-5-7-13)12(2)21(11)17(22)16-15(18)9-19-10-20-16/h3-7,9-12,14H,8H2,1-2H3/t11-,12+,14-/m1/s1. The van der Waals surface area contributed by atoms with E-state index < -0.39 is 0 Å². The monoisotopic (exact) mass is 315 g/mol. The maximum Gasteiger partial charge on any atom is 0.274 e. The molecule has 114 valence electrons. The van der Waals surface area contributed by atoms with Gasteiger partial charge in [-0.1, -0.05) is 41.9 Å². The molecule has 5 heteroatoms. The van der Waals surface area contributed by atoms with E-state index in [1.54, 1.807) is 0 Å². The Morgan fingerprint density at radius 2 is 2.00 bits per heavy atom. The summed E-state index contributed by atoms with van der Waals surface area (Å²) in [7, 11) is 0. The summed E-state index contributed by atoms with van der Waals surface area (Å²) in [5.41, 5.74) is 1.55. The van der Waals surface area contributed by atoms with Crippen molar-refractivity contribution in [3.63, 3.8) is 0 Å². The Bertz CT molecular complexity index is 677. The number of carbonyl (C=O) groups excluding carboxylic acids is 1. The van der Waals surface area contributed by atoms with Gasteiger partial charge in [-0.25, -0.2) is 9.97 Å². The van der Waals surface area contributed by atoms with Gasteiger partial charge in [0.2, 0.25) is 0 Å². The van der Waals surface area contributed by atoms with Crippen LogP contribution in [0.25, 0.3) is 0 Å². The molecule has 2 aromatic rings. The summed E-state index contributed by atoms with van der Waals surface area (Å²) in [6.45, 7) is 4.17. The van der Waals surface area contributed by atoms with Gasteiger partial charge in [0.1, 0.15) is 12.0 Å². The number of halogens is 1. The van der Waals surface area contributed by atoms with Crippen LogP contribution in [-0.4, -0.2) is 32.9 Å². The highest BCUT2D eigenvalue weighted by molar-refractivity contribution is 6.33. The summed E-state index contributed by atoms with van der Waals surface area (Å²) >= 11 is 6.07. The molecule has 1 aliphatic heterocycles. The van der Waals surface area contributed by atoms with Crippen LogP contribution < -0.4 is 0 Å². The SMILES string of the molecule is C[C@@H]1C[C@@H](c2ccccc2)[C@H](C)N1C(=O)c1ncncc1Cl. The fraction of sp³-hybridized carbons (Fsp3) is 0.353. The van der Waals surface area contributed by atoms with Gasteiger partial charge in [-0.2, -0.15) is 0 Å². The molecular weight excluding hydrogens is 298 g/mol. The lowest BCUT2D eigenvalue weighted by atomic mass is 9.92. The third-order valence-corrected chi connectivity index (χ3v) is 4.70. The van der Waals surface area contributed by atoms with Gasteiger partial charge in [0.05, 0.1) is 5.02 Å². The van der Waals surface area contributed by atoms with Crippen LogP contribution >= 0.6 is 11.6 Å². The first-order valence-electron chi connectivity index (χ1n) is 7.42. The fourth-order valence-electron chi connectivity index (χ4n) is 3.37. The van der Waals surface area contributed by atoms with E-state index in [4.69, 9.17) is 11.6 Å². The van der Waals surface area contributed by atoms with Gasteiger partial charge in [0.25, 0.3) is 5.91 Å². The predicted octanol–water partition coefficient (Wildman–Crippen LogP) is 3.54. The Hall–Kier alpha value is -1.94. The topological polar surface area (TPSA) is 46.1 Å². The molecule has 1 saturated heterocycles. The van der Waals surface area contributed by atoms with Gasteiger partial charge in [0.15, 0.2) is 0 Å². The van der Waals surface area contributed by atoms with Crippen molar-refractivity contribution in [1.29, 1.82) is 0 Å². The highest BCUT2D eigenvalue weighted by Gasteiger charge is 2.40. The number of likely N-dealkylation sites (tertiary alicyclic amines) is 1. The highest BCUT2D eigenvalue weighted by atomic mass is 35.5. The molecule has 22 heavy (non-hydrogen) atoms. The van der Waals surface area contributed by atoms with Crippen molar-refractivity contribution in [2.75, 3.05) is 0 Å². The Labute approximate surface area is 135 Å². The Balaban J connectivity index is 1.89. The molecule has 1 aromatic carbocycles. The van der Waals surface area contributed by atoms with Crippen LogP contribution in [0.1, 0.15) is 42.2 Å². The summed E-state index contributed by atoms with van der Waals surface area (Å²) in [4.78, 5) is 22.6. The number of benzene rings is 1. The third-order valence-electron chi connectivity index (χ3n) is 4.42. The van der Waals surface area contributed by atoms with Gasteiger partial charge < -0.3 is 4.90 Å². The Morgan fingerprint density at radius 1 is 1.27 bits per heavy atom. The van der Waals surface area contributed by atoms with E-state index in [-0.39, 0.29) is 23.7 Å². The number of rotatable bonds is 2. The highest BCUT2D eigenvalue weighted by Crippen LogP contribution is 2.38. The van der Waals surface area contributed by atoms with Crippen molar-refractivity contribution >= 4 is 17.5 Å². The first kappa shape index (κ1) is 15.0. The number of aromatic nitrogens is 2. The van der Waals surface area contributed by atoms with E-state index in [0.717, 1.165) is 6.42 Å². The second-order valence-corrected chi connectivity index (χ2v) is 6.18. The lowest BCUT2D eigenvalue weighted by Gasteiger charge is -2.27. The second kappa shape index (κ2) is 6.05. The average molecular weight is 316 g/mol. The maximum atomic E-state index is 12.8. The number of hydrogen-bond acceptors (Lipinski definition) is 3. The number of carbonyl (C=O) groups is 1. The molecule has 0 N–H and O–H groups in total. The van der Waals surface area contributed by atoms with E-state index in [0.29, 0.717) is 10.9 Å². The molecule has 0 bridgehead atoms. The number of nitrogens with zero attached hydrogens (tertiary/aromatic N) is 3. The summed E-state index contributed by atoms with van der Waals surface area (Å²) in [5, 5.41) is 0.301. The van der Waals surface area contributed by atoms with E-state index in [1.807, 2.05) is 23.1 Å². The molecule has 0 unspecified atom stereocenters. The number of amides is 1. The van der Waals surface area contributed by atoms with Crippen molar-refractivity contribution in [1.82, 2.24) is 14.9 Å². The predicted molar refractivity (Wildman–Crippen MR) is 85.9 cm³/mol. The quantitative estimate of drug-likeness (QED) is 0.851. The average Bonchev–Trinajstić information content (AvgIpc) is 2.83. The fourth-order valence-corrected chi connectivity index (χ4v) is 3.55. The molecule has 0 spiro atoms. The lowest BCUT2D eigenvalue weighted by molar-refractivity contribution is 0.0682. The van der Waals surface area contributed by atoms with Crippen molar-refractivity contribution in [2.45, 2.75) is 38.3 Å². The van der Waals surface area contributed by atoms with Gasteiger partial charge in [-0.15, -0.1) is 0 Å². The van der Waals surface area contributed by atoms with Gasteiger partial charge in [-0.05, 0) is 25.8 Å². The van der Waals surface area contributed by atoms with Crippen molar-refractivity contribution in [2.24, 2.45) is 0 Å². The molecule has 1 amide bonds. The van der Waals surface area contributed by atoms with Crippen LogP contribution in [0, 0.1) is 0 Å². The van der Waals surface area contributed by atoms with Crippen molar-refractivity contribution < 1.29 is 4.79 Å². The lowest BCUT2D eigenvalue weighted by Crippen LogP contribution is -2.40.